The van der Waals surface area contributed by atoms with Crippen LogP contribution in [0.1, 0.15) is 35.1 Å². The third-order valence-corrected chi connectivity index (χ3v) is 7.38. The highest BCUT2D eigenvalue weighted by Gasteiger charge is 2.23. The zero-order valence-corrected chi connectivity index (χ0v) is 19.4. The molecule has 1 fully saturated rings. The second-order valence-corrected chi connectivity index (χ2v) is 9.54. The molecule has 2 aromatic heterocycles. The summed E-state index contributed by atoms with van der Waals surface area (Å²) in [6, 6.07) is 13.8. The van der Waals surface area contributed by atoms with Crippen molar-refractivity contribution in [1.82, 2.24) is 14.1 Å². The molecule has 0 amide bonds. The molecule has 5 rings (SSSR count). The van der Waals surface area contributed by atoms with Crippen LogP contribution in [0.25, 0.3) is 16.0 Å². The number of hydrogen-bond acceptors (Lipinski definition) is 5. The first-order chi connectivity index (χ1) is 15.4. The Kier molecular flexibility index (Phi) is 5.21. The molecule has 1 saturated heterocycles. The van der Waals surface area contributed by atoms with Crippen LogP contribution in [0.2, 0.25) is 0 Å². The van der Waals surface area contributed by atoms with E-state index in [1.54, 1.807) is 4.57 Å². The van der Waals surface area contributed by atoms with Crippen molar-refractivity contribution in [3.8, 4) is 5.69 Å². The van der Waals surface area contributed by atoms with E-state index in [-0.39, 0.29) is 11.2 Å². The van der Waals surface area contributed by atoms with Gasteiger partial charge in [0.05, 0.1) is 12.2 Å². The molecule has 0 N–H and O–H groups in total. The summed E-state index contributed by atoms with van der Waals surface area (Å²) in [5.74, 6) is 0. The van der Waals surface area contributed by atoms with Crippen LogP contribution in [-0.4, -0.2) is 27.2 Å². The van der Waals surface area contributed by atoms with Gasteiger partial charge in [0, 0.05) is 13.1 Å². The summed E-state index contributed by atoms with van der Waals surface area (Å²) in [6.07, 6.45) is 2.25. The van der Waals surface area contributed by atoms with Gasteiger partial charge in [-0.25, -0.2) is 14.3 Å². The predicted octanol–water partition coefficient (Wildman–Crippen LogP) is 4.18. The number of hydrogen-bond donors (Lipinski definition) is 0. The third kappa shape index (κ3) is 3.46. The largest absolute Gasteiger partial charge is 0.348 e. The van der Waals surface area contributed by atoms with Crippen molar-refractivity contribution in [1.29, 1.82) is 0 Å². The molecular formula is C25H26N4O2S. The lowest BCUT2D eigenvalue weighted by Gasteiger charge is -2.14. The normalized spacial score (nSPS) is 13.9. The smallest absolute Gasteiger partial charge is 0.337 e. The Labute approximate surface area is 190 Å². The number of benzene rings is 2. The first kappa shape index (κ1) is 20.7. The highest BCUT2D eigenvalue weighted by Crippen LogP contribution is 2.29. The van der Waals surface area contributed by atoms with Crippen molar-refractivity contribution in [3.63, 3.8) is 0 Å². The Bertz CT molecular complexity index is 1440. The Morgan fingerprint density at radius 2 is 1.75 bits per heavy atom. The van der Waals surface area contributed by atoms with Crippen molar-refractivity contribution < 1.29 is 0 Å². The van der Waals surface area contributed by atoms with E-state index in [0.717, 1.165) is 53.3 Å². The van der Waals surface area contributed by atoms with Crippen LogP contribution < -0.4 is 16.1 Å². The lowest BCUT2D eigenvalue weighted by atomic mass is 10.1. The van der Waals surface area contributed by atoms with Gasteiger partial charge in [-0.1, -0.05) is 53.3 Å². The van der Waals surface area contributed by atoms with Crippen LogP contribution in [0.15, 0.2) is 52.1 Å². The molecule has 4 aromatic rings. The van der Waals surface area contributed by atoms with Crippen molar-refractivity contribution in [2.75, 3.05) is 18.0 Å². The van der Waals surface area contributed by atoms with E-state index in [1.807, 2.05) is 57.2 Å². The minimum atomic E-state index is -0.351. The summed E-state index contributed by atoms with van der Waals surface area (Å²) in [4.78, 5) is 34.4. The molecule has 0 radical (unpaired) electrons. The van der Waals surface area contributed by atoms with Crippen LogP contribution >= 0.6 is 11.3 Å². The molecule has 0 saturated carbocycles. The summed E-state index contributed by atoms with van der Waals surface area (Å²) >= 11 is 1.40. The van der Waals surface area contributed by atoms with Crippen LogP contribution in [0.4, 0.5) is 5.13 Å². The van der Waals surface area contributed by atoms with Crippen LogP contribution in [0.5, 0.6) is 0 Å². The zero-order valence-electron chi connectivity index (χ0n) is 18.6. The molecule has 0 spiro atoms. The van der Waals surface area contributed by atoms with Gasteiger partial charge in [-0.3, -0.25) is 9.36 Å². The predicted molar refractivity (Wildman–Crippen MR) is 131 cm³/mol. The highest BCUT2D eigenvalue weighted by atomic mass is 32.1. The number of fused-ring (bicyclic) bond motifs is 1. The van der Waals surface area contributed by atoms with Gasteiger partial charge in [0.25, 0.3) is 5.56 Å². The summed E-state index contributed by atoms with van der Waals surface area (Å²) < 4.78 is 3.51. The Hall–Kier alpha value is -3.19. The topological polar surface area (TPSA) is 60.1 Å². The molecule has 0 atom stereocenters. The van der Waals surface area contributed by atoms with E-state index in [2.05, 4.69) is 11.0 Å². The van der Waals surface area contributed by atoms with Crippen molar-refractivity contribution in [3.05, 3.63) is 85.6 Å². The lowest BCUT2D eigenvalue weighted by Crippen LogP contribution is -2.39. The molecule has 164 valence electrons. The van der Waals surface area contributed by atoms with E-state index in [1.165, 1.54) is 15.9 Å². The maximum atomic E-state index is 13.8. The number of anilines is 1. The first-order valence-corrected chi connectivity index (χ1v) is 11.8. The quantitative estimate of drug-likeness (QED) is 0.472. The van der Waals surface area contributed by atoms with E-state index in [4.69, 9.17) is 4.98 Å². The summed E-state index contributed by atoms with van der Waals surface area (Å²) in [6.45, 7) is 8.22. The molecule has 1 aliphatic heterocycles. The Morgan fingerprint density at radius 3 is 2.50 bits per heavy atom. The molecular weight excluding hydrogens is 420 g/mol. The molecule has 7 heteroatoms. The second kappa shape index (κ2) is 8.06. The van der Waals surface area contributed by atoms with Gasteiger partial charge < -0.3 is 4.90 Å². The SMILES string of the molecule is Cc1cccc(Cn2c(=O)n(-c3cccc(C)c3C)c(=O)c3sc(N4CCCC4)nc32)c1. The van der Waals surface area contributed by atoms with Crippen molar-refractivity contribution in [2.24, 2.45) is 0 Å². The van der Waals surface area contributed by atoms with E-state index in [9.17, 15) is 9.59 Å². The average Bonchev–Trinajstić information content (AvgIpc) is 3.44. The van der Waals surface area contributed by atoms with Crippen LogP contribution in [0, 0.1) is 20.8 Å². The van der Waals surface area contributed by atoms with Crippen LogP contribution in [0.3, 0.4) is 0 Å². The van der Waals surface area contributed by atoms with Gasteiger partial charge in [-0.2, -0.15) is 0 Å². The fourth-order valence-electron chi connectivity index (χ4n) is 4.39. The number of rotatable bonds is 4. The van der Waals surface area contributed by atoms with Crippen molar-refractivity contribution >= 4 is 26.8 Å². The van der Waals surface area contributed by atoms with Gasteiger partial charge in [-0.15, -0.1) is 0 Å². The van der Waals surface area contributed by atoms with Gasteiger partial charge in [0.2, 0.25) is 0 Å². The zero-order chi connectivity index (χ0) is 22.4. The van der Waals surface area contributed by atoms with Crippen LogP contribution in [-0.2, 0) is 6.54 Å². The van der Waals surface area contributed by atoms with Gasteiger partial charge in [0.15, 0.2) is 10.8 Å². The molecule has 6 nitrogen and oxygen atoms in total. The van der Waals surface area contributed by atoms with Gasteiger partial charge in [-0.05, 0) is 56.4 Å². The van der Waals surface area contributed by atoms with Gasteiger partial charge in [0.1, 0.15) is 4.70 Å². The minimum Gasteiger partial charge on any atom is -0.348 e. The molecule has 1 aliphatic rings. The molecule has 0 bridgehead atoms. The molecule has 0 unspecified atom stereocenters. The van der Waals surface area contributed by atoms with Gasteiger partial charge >= 0.3 is 5.69 Å². The number of thiazole rings is 1. The second-order valence-electron chi connectivity index (χ2n) is 8.56. The number of aromatic nitrogens is 3. The first-order valence-electron chi connectivity index (χ1n) is 11.0. The summed E-state index contributed by atoms with van der Waals surface area (Å²) in [7, 11) is 0. The summed E-state index contributed by atoms with van der Waals surface area (Å²) in [5, 5.41) is 0.825. The Balaban J connectivity index is 1.80. The number of nitrogens with zero attached hydrogens (tertiary/aromatic N) is 4. The van der Waals surface area contributed by atoms with E-state index in [0.29, 0.717) is 22.6 Å². The van der Waals surface area contributed by atoms with E-state index < -0.39 is 0 Å². The van der Waals surface area contributed by atoms with E-state index >= 15 is 0 Å². The maximum absolute atomic E-state index is 13.8. The fraction of sp³-hybridized carbons (Fsp3) is 0.320. The molecule has 3 heterocycles. The fourth-order valence-corrected chi connectivity index (χ4v) is 5.44. The molecule has 2 aromatic carbocycles. The third-order valence-electron chi connectivity index (χ3n) is 6.29. The minimum absolute atomic E-state index is 0.290. The maximum Gasteiger partial charge on any atom is 0.337 e. The standard InChI is InChI=1S/C25H26N4O2S/c1-16-8-6-10-19(14-16)15-28-22-21(32-24(26-22)27-12-4-5-13-27)23(30)29(25(28)31)20-11-7-9-17(2)18(20)3/h6-11,14H,4-5,12-13,15H2,1-3H3. The molecule has 0 aliphatic carbocycles. The average molecular weight is 447 g/mol. The Morgan fingerprint density at radius 1 is 1.00 bits per heavy atom. The summed E-state index contributed by atoms with van der Waals surface area (Å²) in [5.41, 5.74) is 4.59. The van der Waals surface area contributed by atoms with Crippen molar-refractivity contribution in [2.45, 2.75) is 40.2 Å². The lowest BCUT2D eigenvalue weighted by molar-refractivity contribution is 0.706. The highest BCUT2D eigenvalue weighted by molar-refractivity contribution is 7.22. The monoisotopic (exact) mass is 446 g/mol. The molecule has 32 heavy (non-hydrogen) atoms. The number of aryl methyl sites for hydroxylation is 2.